The van der Waals surface area contributed by atoms with E-state index >= 15 is 0 Å². The van der Waals surface area contributed by atoms with E-state index in [1.165, 1.54) is 0 Å². The molecule has 0 saturated carbocycles. The average Bonchev–Trinajstić information content (AvgIpc) is 3.09. The van der Waals surface area contributed by atoms with Crippen LogP contribution < -0.4 is 5.32 Å². The third kappa shape index (κ3) is 5.11. The van der Waals surface area contributed by atoms with Crippen LogP contribution in [-0.2, 0) is 6.54 Å². The van der Waals surface area contributed by atoms with Crippen molar-refractivity contribution in [3.05, 3.63) is 47.8 Å². The molecule has 28 heavy (non-hydrogen) atoms. The fraction of sp³-hybridized carbons (Fsp3) is 0.421. The lowest BCUT2D eigenvalue weighted by Crippen LogP contribution is -2.37. The highest BCUT2D eigenvalue weighted by molar-refractivity contribution is 6.04. The highest BCUT2D eigenvalue weighted by atomic mass is 19.4. The normalized spacial score (nSPS) is 15.5. The number of hydrogen-bond donors (Lipinski definition) is 1. The van der Waals surface area contributed by atoms with Crippen molar-refractivity contribution in [3.8, 4) is 0 Å². The second-order valence-corrected chi connectivity index (χ2v) is 7.05. The van der Waals surface area contributed by atoms with E-state index in [1.54, 1.807) is 24.3 Å². The van der Waals surface area contributed by atoms with Crippen LogP contribution in [0.5, 0.6) is 0 Å². The molecule has 6 nitrogen and oxygen atoms in total. The lowest BCUT2D eigenvalue weighted by molar-refractivity contribution is -0.142. The highest BCUT2D eigenvalue weighted by Gasteiger charge is 2.28. The van der Waals surface area contributed by atoms with Gasteiger partial charge in [-0.15, -0.1) is 0 Å². The molecule has 2 amide bonds. The zero-order valence-corrected chi connectivity index (χ0v) is 15.4. The van der Waals surface area contributed by atoms with Crippen molar-refractivity contribution >= 4 is 17.5 Å². The van der Waals surface area contributed by atoms with Gasteiger partial charge in [-0.1, -0.05) is 6.92 Å². The Morgan fingerprint density at radius 3 is 2.39 bits per heavy atom. The Balaban J connectivity index is 1.59. The van der Waals surface area contributed by atoms with E-state index < -0.39 is 18.6 Å². The summed E-state index contributed by atoms with van der Waals surface area (Å²) in [6.07, 6.45) is -0.313. The summed E-state index contributed by atoms with van der Waals surface area (Å²) in [6, 6.07) is 6.45. The highest BCUT2D eigenvalue weighted by Crippen LogP contribution is 2.20. The Labute approximate surface area is 160 Å². The summed E-state index contributed by atoms with van der Waals surface area (Å²) < 4.78 is 37.8. The molecule has 150 valence electrons. The molecule has 3 rings (SSSR count). The Kier molecular flexibility index (Phi) is 5.71. The number of amides is 2. The van der Waals surface area contributed by atoms with Crippen molar-refractivity contribution < 1.29 is 22.8 Å². The maximum atomic E-state index is 12.5. The van der Waals surface area contributed by atoms with Crippen molar-refractivity contribution in [2.75, 3.05) is 18.4 Å². The minimum Gasteiger partial charge on any atom is -0.339 e. The summed E-state index contributed by atoms with van der Waals surface area (Å²) in [5.74, 6) is 0.0119. The van der Waals surface area contributed by atoms with Gasteiger partial charge in [-0.25, -0.2) is 0 Å². The smallest absolute Gasteiger partial charge is 0.339 e. The van der Waals surface area contributed by atoms with E-state index in [2.05, 4.69) is 17.3 Å². The van der Waals surface area contributed by atoms with Crippen LogP contribution in [0.1, 0.15) is 40.5 Å². The molecule has 1 aromatic carbocycles. The fourth-order valence-corrected chi connectivity index (χ4v) is 3.04. The molecule has 1 aromatic heterocycles. The van der Waals surface area contributed by atoms with E-state index in [4.69, 9.17) is 0 Å². The topological polar surface area (TPSA) is 67.2 Å². The maximum Gasteiger partial charge on any atom is 0.408 e. The maximum absolute atomic E-state index is 12.5. The molecule has 0 radical (unpaired) electrons. The zero-order chi connectivity index (χ0) is 20.3. The van der Waals surface area contributed by atoms with E-state index in [9.17, 15) is 22.8 Å². The minimum atomic E-state index is -4.41. The second kappa shape index (κ2) is 8.04. The molecule has 9 heteroatoms. The number of carbonyl (C=O) groups is 2. The number of hydrogen-bond acceptors (Lipinski definition) is 3. The SMILES string of the molecule is CC1CCN(C(=O)c2ccc(NC(=O)c3cnn(CC(F)(F)F)c3)cc2)CC1. The van der Waals surface area contributed by atoms with Crippen LogP contribution in [0, 0.1) is 5.92 Å². The van der Waals surface area contributed by atoms with E-state index in [0.717, 1.165) is 38.3 Å². The Morgan fingerprint density at radius 2 is 1.79 bits per heavy atom. The number of likely N-dealkylation sites (tertiary alicyclic amines) is 1. The number of rotatable bonds is 4. The number of anilines is 1. The minimum absolute atomic E-state index is 0.0202. The van der Waals surface area contributed by atoms with Crippen molar-refractivity contribution in [1.29, 1.82) is 0 Å². The van der Waals surface area contributed by atoms with Gasteiger partial charge in [0.15, 0.2) is 0 Å². The number of carbonyl (C=O) groups excluding carboxylic acids is 2. The van der Waals surface area contributed by atoms with E-state index in [0.29, 0.717) is 21.9 Å². The molecule has 1 aliphatic heterocycles. The van der Waals surface area contributed by atoms with Crippen molar-refractivity contribution in [2.24, 2.45) is 5.92 Å². The molecule has 0 aliphatic carbocycles. The quantitative estimate of drug-likeness (QED) is 0.862. The van der Waals surface area contributed by atoms with Gasteiger partial charge < -0.3 is 10.2 Å². The molecule has 0 spiro atoms. The van der Waals surface area contributed by atoms with Gasteiger partial charge in [0.25, 0.3) is 11.8 Å². The molecular formula is C19H21F3N4O2. The fourth-order valence-electron chi connectivity index (χ4n) is 3.04. The first-order valence-electron chi connectivity index (χ1n) is 9.01. The molecule has 0 bridgehead atoms. The van der Waals surface area contributed by atoms with Crippen molar-refractivity contribution in [3.63, 3.8) is 0 Å². The number of aromatic nitrogens is 2. The summed E-state index contributed by atoms with van der Waals surface area (Å²) >= 11 is 0. The summed E-state index contributed by atoms with van der Waals surface area (Å²) in [7, 11) is 0. The van der Waals surface area contributed by atoms with E-state index in [-0.39, 0.29) is 11.5 Å². The molecule has 2 heterocycles. The van der Waals surface area contributed by atoms with Crippen LogP contribution >= 0.6 is 0 Å². The molecular weight excluding hydrogens is 373 g/mol. The second-order valence-electron chi connectivity index (χ2n) is 7.05. The molecule has 1 fully saturated rings. The Morgan fingerprint density at radius 1 is 1.14 bits per heavy atom. The summed E-state index contributed by atoms with van der Waals surface area (Å²) in [6.45, 7) is 2.39. The molecule has 0 unspecified atom stereocenters. The van der Waals surface area contributed by atoms with Crippen LogP contribution in [0.2, 0.25) is 0 Å². The summed E-state index contributed by atoms with van der Waals surface area (Å²) in [5, 5.41) is 6.13. The van der Waals surface area contributed by atoms with Crippen LogP contribution in [0.25, 0.3) is 0 Å². The first-order valence-corrected chi connectivity index (χ1v) is 9.01. The lowest BCUT2D eigenvalue weighted by Gasteiger charge is -2.30. The van der Waals surface area contributed by atoms with Crippen LogP contribution in [-0.4, -0.2) is 45.8 Å². The van der Waals surface area contributed by atoms with Gasteiger partial charge in [0.2, 0.25) is 0 Å². The number of benzene rings is 1. The van der Waals surface area contributed by atoms with Crippen LogP contribution in [0.4, 0.5) is 18.9 Å². The standard InChI is InChI=1S/C19H21F3N4O2/c1-13-6-8-25(9-7-13)18(28)14-2-4-16(5-3-14)24-17(27)15-10-23-26(11-15)12-19(20,21)22/h2-5,10-11,13H,6-9,12H2,1H3,(H,24,27). The molecule has 1 N–H and O–H groups in total. The van der Waals surface area contributed by atoms with Gasteiger partial charge in [0, 0.05) is 30.5 Å². The Hall–Kier alpha value is -2.84. The van der Waals surface area contributed by atoms with Crippen LogP contribution in [0.3, 0.4) is 0 Å². The number of halogens is 3. The van der Waals surface area contributed by atoms with Crippen molar-refractivity contribution in [2.45, 2.75) is 32.5 Å². The Bertz CT molecular complexity index is 838. The van der Waals surface area contributed by atoms with E-state index in [1.807, 2.05) is 4.90 Å². The lowest BCUT2D eigenvalue weighted by atomic mass is 9.98. The van der Waals surface area contributed by atoms with Gasteiger partial charge in [0.05, 0.1) is 11.8 Å². The monoisotopic (exact) mass is 394 g/mol. The number of nitrogens with zero attached hydrogens (tertiary/aromatic N) is 3. The zero-order valence-electron chi connectivity index (χ0n) is 15.4. The van der Waals surface area contributed by atoms with Crippen molar-refractivity contribution in [1.82, 2.24) is 14.7 Å². The van der Waals surface area contributed by atoms with Crippen LogP contribution in [0.15, 0.2) is 36.7 Å². The molecule has 2 aromatic rings. The largest absolute Gasteiger partial charge is 0.408 e. The van der Waals surface area contributed by atoms with Gasteiger partial charge in [-0.3, -0.25) is 14.3 Å². The summed E-state index contributed by atoms with van der Waals surface area (Å²) in [5.41, 5.74) is 0.995. The first-order chi connectivity index (χ1) is 13.2. The average molecular weight is 394 g/mol. The molecule has 0 atom stereocenters. The summed E-state index contributed by atoms with van der Waals surface area (Å²) in [4.78, 5) is 26.5. The predicted octanol–water partition coefficient (Wildman–Crippen LogP) is 3.57. The predicted molar refractivity (Wildman–Crippen MR) is 97.0 cm³/mol. The number of alkyl halides is 3. The van der Waals surface area contributed by atoms with Gasteiger partial charge in [0.1, 0.15) is 6.54 Å². The third-order valence-corrected chi connectivity index (χ3v) is 4.70. The van der Waals surface area contributed by atoms with Gasteiger partial charge in [-0.2, -0.15) is 18.3 Å². The molecule has 1 saturated heterocycles. The number of piperidine rings is 1. The van der Waals surface area contributed by atoms with Gasteiger partial charge in [-0.05, 0) is 43.0 Å². The third-order valence-electron chi connectivity index (χ3n) is 4.70. The number of nitrogens with one attached hydrogen (secondary N) is 1. The first kappa shape index (κ1) is 19.9. The molecule has 1 aliphatic rings. The van der Waals surface area contributed by atoms with Gasteiger partial charge >= 0.3 is 6.18 Å².